The summed E-state index contributed by atoms with van der Waals surface area (Å²) in [6.45, 7) is 6.06. The van der Waals surface area contributed by atoms with Crippen molar-refractivity contribution in [3.05, 3.63) is 42.2 Å². The number of rotatable bonds is 3. The zero-order valence-corrected chi connectivity index (χ0v) is 13.6. The van der Waals surface area contributed by atoms with E-state index >= 15 is 0 Å². The first-order valence-corrected chi connectivity index (χ1v) is 7.74. The number of benzene rings is 1. The molecule has 0 unspecified atom stereocenters. The molecule has 0 saturated heterocycles. The first-order valence-electron chi connectivity index (χ1n) is 7.74. The Morgan fingerprint density at radius 2 is 2.04 bits per heavy atom. The van der Waals surface area contributed by atoms with Gasteiger partial charge in [-0.05, 0) is 51.1 Å². The molecular formula is C17H16N6O. The number of aryl methyl sites for hydroxylation is 1. The van der Waals surface area contributed by atoms with Gasteiger partial charge in [0.15, 0.2) is 0 Å². The Balaban J connectivity index is 1.75. The molecule has 3 aromatic heterocycles. The van der Waals surface area contributed by atoms with Crippen LogP contribution in [0.15, 0.2) is 41.1 Å². The van der Waals surface area contributed by atoms with Gasteiger partial charge in [-0.3, -0.25) is 4.98 Å². The molecule has 0 aliphatic carbocycles. The molecule has 4 rings (SSSR count). The Bertz CT molecular complexity index is 1020. The quantitative estimate of drug-likeness (QED) is 0.575. The van der Waals surface area contributed by atoms with Crippen molar-refractivity contribution in [1.82, 2.24) is 30.1 Å². The maximum absolute atomic E-state index is 5.40. The summed E-state index contributed by atoms with van der Waals surface area (Å²) < 4.78 is 7.29. The van der Waals surface area contributed by atoms with Crippen molar-refractivity contribution in [2.75, 3.05) is 0 Å². The van der Waals surface area contributed by atoms with E-state index in [-0.39, 0.29) is 6.04 Å². The van der Waals surface area contributed by atoms with Crippen LogP contribution < -0.4 is 0 Å². The predicted molar refractivity (Wildman–Crippen MR) is 89.2 cm³/mol. The summed E-state index contributed by atoms with van der Waals surface area (Å²) in [6.07, 6.45) is 1.74. The van der Waals surface area contributed by atoms with Gasteiger partial charge in [0, 0.05) is 23.5 Å². The van der Waals surface area contributed by atoms with Crippen LogP contribution in [0.4, 0.5) is 0 Å². The van der Waals surface area contributed by atoms with E-state index in [4.69, 9.17) is 4.52 Å². The molecule has 0 bridgehead atoms. The lowest BCUT2D eigenvalue weighted by atomic mass is 10.2. The van der Waals surface area contributed by atoms with Crippen LogP contribution in [-0.4, -0.2) is 30.1 Å². The van der Waals surface area contributed by atoms with Crippen molar-refractivity contribution in [1.29, 1.82) is 0 Å². The van der Waals surface area contributed by atoms with Crippen LogP contribution in [0.1, 0.15) is 25.6 Å². The molecule has 0 radical (unpaired) electrons. The van der Waals surface area contributed by atoms with E-state index in [9.17, 15) is 0 Å². The van der Waals surface area contributed by atoms with Crippen molar-refractivity contribution in [3.63, 3.8) is 0 Å². The number of nitrogens with zero attached hydrogens (tertiary/aromatic N) is 6. The van der Waals surface area contributed by atoms with Gasteiger partial charge in [-0.25, -0.2) is 4.68 Å². The van der Waals surface area contributed by atoms with E-state index in [0.717, 1.165) is 27.9 Å². The second kappa shape index (κ2) is 5.52. The lowest BCUT2D eigenvalue weighted by molar-refractivity contribution is 0.432. The lowest BCUT2D eigenvalue weighted by Crippen LogP contribution is -2.02. The number of hydrogen-bond donors (Lipinski definition) is 0. The normalized spacial score (nSPS) is 11.5. The molecular weight excluding hydrogens is 304 g/mol. The SMILES string of the molecule is Cc1ncccc1-c1nc(-c2ccc3c(c2)nnn3C(C)C)no1. The molecule has 0 saturated carbocycles. The van der Waals surface area contributed by atoms with Gasteiger partial charge in [-0.2, -0.15) is 4.98 Å². The van der Waals surface area contributed by atoms with Gasteiger partial charge < -0.3 is 4.52 Å². The molecule has 0 N–H and O–H groups in total. The maximum Gasteiger partial charge on any atom is 0.260 e. The summed E-state index contributed by atoms with van der Waals surface area (Å²) in [5, 5.41) is 12.5. The van der Waals surface area contributed by atoms with E-state index < -0.39 is 0 Å². The molecule has 120 valence electrons. The zero-order valence-electron chi connectivity index (χ0n) is 13.6. The minimum atomic E-state index is 0.256. The lowest BCUT2D eigenvalue weighted by Gasteiger charge is -2.04. The van der Waals surface area contributed by atoms with Crippen molar-refractivity contribution >= 4 is 11.0 Å². The Morgan fingerprint density at radius 3 is 2.83 bits per heavy atom. The van der Waals surface area contributed by atoms with Crippen LogP contribution in [0.3, 0.4) is 0 Å². The van der Waals surface area contributed by atoms with Crippen molar-refractivity contribution in [3.8, 4) is 22.8 Å². The highest BCUT2D eigenvalue weighted by atomic mass is 16.5. The fraction of sp³-hybridized carbons (Fsp3) is 0.235. The van der Waals surface area contributed by atoms with Gasteiger partial charge >= 0.3 is 0 Å². The highest BCUT2D eigenvalue weighted by Crippen LogP contribution is 2.26. The number of pyridine rings is 1. The van der Waals surface area contributed by atoms with Crippen LogP contribution in [0.25, 0.3) is 33.9 Å². The second-order valence-corrected chi connectivity index (χ2v) is 5.89. The van der Waals surface area contributed by atoms with Crippen molar-refractivity contribution in [2.24, 2.45) is 0 Å². The summed E-state index contributed by atoms with van der Waals surface area (Å²) in [5.41, 5.74) is 4.33. The molecule has 4 aromatic rings. The van der Waals surface area contributed by atoms with Gasteiger partial charge in [0.25, 0.3) is 5.89 Å². The van der Waals surface area contributed by atoms with Gasteiger partial charge in [-0.1, -0.05) is 10.4 Å². The Morgan fingerprint density at radius 1 is 1.17 bits per heavy atom. The molecule has 0 amide bonds. The number of aromatic nitrogens is 6. The molecule has 24 heavy (non-hydrogen) atoms. The molecule has 3 heterocycles. The second-order valence-electron chi connectivity index (χ2n) is 5.89. The molecule has 7 nitrogen and oxygen atoms in total. The predicted octanol–water partition coefficient (Wildman–Crippen LogP) is 3.43. The van der Waals surface area contributed by atoms with Gasteiger partial charge in [0.05, 0.1) is 11.1 Å². The molecule has 0 atom stereocenters. The van der Waals surface area contributed by atoms with Gasteiger partial charge in [0.2, 0.25) is 5.82 Å². The van der Waals surface area contributed by atoms with Gasteiger partial charge in [-0.15, -0.1) is 5.10 Å². The van der Waals surface area contributed by atoms with Crippen molar-refractivity contribution < 1.29 is 4.52 Å². The minimum Gasteiger partial charge on any atom is -0.334 e. The third-order valence-corrected chi connectivity index (χ3v) is 3.88. The Kier molecular flexibility index (Phi) is 3.34. The van der Waals surface area contributed by atoms with E-state index in [2.05, 4.69) is 39.3 Å². The topological polar surface area (TPSA) is 82.5 Å². The largest absolute Gasteiger partial charge is 0.334 e. The van der Waals surface area contributed by atoms with Crippen molar-refractivity contribution in [2.45, 2.75) is 26.8 Å². The third kappa shape index (κ3) is 2.34. The number of hydrogen-bond acceptors (Lipinski definition) is 6. The number of fused-ring (bicyclic) bond motifs is 1. The highest BCUT2D eigenvalue weighted by molar-refractivity contribution is 5.80. The molecule has 0 aliphatic heterocycles. The molecule has 7 heteroatoms. The van der Waals surface area contributed by atoms with Crippen LogP contribution >= 0.6 is 0 Å². The van der Waals surface area contributed by atoms with Crippen LogP contribution in [0.2, 0.25) is 0 Å². The van der Waals surface area contributed by atoms with E-state index in [1.54, 1.807) is 6.20 Å². The van der Waals surface area contributed by atoms with Crippen LogP contribution in [0, 0.1) is 6.92 Å². The smallest absolute Gasteiger partial charge is 0.260 e. The first kappa shape index (κ1) is 14.5. The fourth-order valence-electron chi connectivity index (χ4n) is 2.62. The summed E-state index contributed by atoms with van der Waals surface area (Å²) in [7, 11) is 0. The standard InChI is InChI=1S/C17H16N6O/c1-10(2)23-15-7-6-12(9-14(15)20-22-23)16-19-17(24-21-16)13-5-4-8-18-11(13)3/h4-10H,1-3H3. The summed E-state index contributed by atoms with van der Waals surface area (Å²) in [4.78, 5) is 8.74. The molecule has 0 spiro atoms. The third-order valence-electron chi connectivity index (χ3n) is 3.88. The Labute approximate surface area is 138 Å². The first-order chi connectivity index (χ1) is 11.6. The fourth-order valence-corrected chi connectivity index (χ4v) is 2.62. The monoisotopic (exact) mass is 320 g/mol. The van der Waals surface area contributed by atoms with Crippen LogP contribution in [0.5, 0.6) is 0 Å². The zero-order chi connectivity index (χ0) is 16.7. The average Bonchev–Trinajstić information content (AvgIpc) is 3.21. The van der Waals surface area contributed by atoms with Gasteiger partial charge in [0.1, 0.15) is 5.52 Å². The summed E-state index contributed by atoms with van der Waals surface area (Å²) in [6, 6.07) is 9.88. The maximum atomic E-state index is 5.40. The van der Waals surface area contributed by atoms with E-state index in [1.165, 1.54) is 0 Å². The van der Waals surface area contributed by atoms with E-state index in [0.29, 0.717) is 11.7 Å². The van der Waals surface area contributed by atoms with E-state index in [1.807, 2.05) is 41.9 Å². The summed E-state index contributed by atoms with van der Waals surface area (Å²) in [5.74, 6) is 0.982. The minimum absolute atomic E-state index is 0.256. The highest BCUT2D eigenvalue weighted by Gasteiger charge is 2.15. The average molecular weight is 320 g/mol. The van der Waals surface area contributed by atoms with Crippen LogP contribution in [-0.2, 0) is 0 Å². The summed E-state index contributed by atoms with van der Waals surface area (Å²) >= 11 is 0. The molecule has 1 aromatic carbocycles. The molecule has 0 aliphatic rings. The Hall–Kier alpha value is -3.09. The molecule has 0 fully saturated rings.